The molecule has 1 aliphatic carbocycles. The Bertz CT molecular complexity index is 926. The maximum Gasteiger partial charge on any atom is 0.243 e. The van der Waals surface area contributed by atoms with Crippen LogP contribution in [-0.4, -0.2) is 35.9 Å². The molecule has 1 atom stereocenters. The Morgan fingerprint density at radius 2 is 1.94 bits per heavy atom. The number of amides is 2. The molecular formula is C25H30ClFN2O3. The van der Waals surface area contributed by atoms with Gasteiger partial charge in [-0.1, -0.05) is 49.6 Å². The van der Waals surface area contributed by atoms with Gasteiger partial charge in [0.1, 0.15) is 17.6 Å². The molecule has 0 radical (unpaired) electrons. The SMILES string of the molecule is CCC(C(=O)NC1CCCC1)N(Cc1cccc(OC)c1)C(=O)Cc1c(F)cccc1Cl. The van der Waals surface area contributed by atoms with E-state index in [9.17, 15) is 14.0 Å². The summed E-state index contributed by atoms with van der Waals surface area (Å²) in [6.07, 6.45) is 4.33. The van der Waals surface area contributed by atoms with Crippen molar-refractivity contribution in [2.45, 2.75) is 64.1 Å². The number of nitrogens with one attached hydrogen (secondary N) is 1. The summed E-state index contributed by atoms with van der Waals surface area (Å²) in [4.78, 5) is 28.1. The molecule has 0 spiro atoms. The lowest BCUT2D eigenvalue weighted by molar-refractivity contribution is -0.141. The van der Waals surface area contributed by atoms with Gasteiger partial charge in [0.2, 0.25) is 11.8 Å². The van der Waals surface area contributed by atoms with Crippen LogP contribution in [0.25, 0.3) is 0 Å². The number of carbonyl (C=O) groups excluding carboxylic acids is 2. The number of hydrogen-bond donors (Lipinski definition) is 1. The first-order valence-corrected chi connectivity index (χ1v) is 11.5. The number of halogens is 2. The second-order valence-electron chi connectivity index (χ2n) is 8.16. The van der Waals surface area contributed by atoms with Gasteiger partial charge in [0.25, 0.3) is 0 Å². The Labute approximate surface area is 193 Å². The molecule has 1 N–H and O–H groups in total. The predicted molar refractivity (Wildman–Crippen MR) is 123 cm³/mol. The normalized spacial score (nSPS) is 14.8. The Morgan fingerprint density at radius 1 is 1.22 bits per heavy atom. The van der Waals surface area contributed by atoms with Crippen molar-refractivity contribution in [2.75, 3.05) is 7.11 Å². The average molecular weight is 461 g/mol. The zero-order chi connectivity index (χ0) is 23.1. The lowest BCUT2D eigenvalue weighted by Gasteiger charge is -2.32. The van der Waals surface area contributed by atoms with Crippen LogP contribution < -0.4 is 10.1 Å². The number of hydrogen-bond acceptors (Lipinski definition) is 3. The van der Waals surface area contributed by atoms with Crippen LogP contribution in [0.5, 0.6) is 5.75 Å². The molecule has 0 bridgehead atoms. The second kappa shape index (κ2) is 11.3. The van der Waals surface area contributed by atoms with Crippen molar-refractivity contribution < 1.29 is 18.7 Å². The van der Waals surface area contributed by atoms with Crippen LogP contribution >= 0.6 is 11.6 Å². The van der Waals surface area contributed by atoms with Crippen molar-refractivity contribution in [3.8, 4) is 5.75 Å². The van der Waals surface area contributed by atoms with Crippen LogP contribution in [0, 0.1) is 5.82 Å². The van der Waals surface area contributed by atoms with E-state index < -0.39 is 11.9 Å². The molecule has 2 amide bonds. The van der Waals surface area contributed by atoms with E-state index >= 15 is 0 Å². The molecule has 3 rings (SSSR count). The zero-order valence-electron chi connectivity index (χ0n) is 18.6. The van der Waals surface area contributed by atoms with Crippen molar-refractivity contribution in [1.29, 1.82) is 0 Å². The van der Waals surface area contributed by atoms with E-state index in [-0.39, 0.29) is 41.4 Å². The molecule has 2 aromatic carbocycles. The van der Waals surface area contributed by atoms with Gasteiger partial charge < -0.3 is 15.0 Å². The quantitative estimate of drug-likeness (QED) is 0.579. The minimum atomic E-state index is -0.667. The van der Waals surface area contributed by atoms with E-state index in [1.165, 1.54) is 17.0 Å². The zero-order valence-corrected chi connectivity index (χ0v) is 19.3. The molecule has 172 valence electrons. The molecule has 1 saturated carbocycles. The molecule has 0 saturated heterocycles. The predicted octanol–water partition coefficient (Wildman–Crippen LogP) is 4.90. The Kier molecular flexibility index (Phi) is 8.51. The number of benzene rings is 2. The largest absolute Gasteiger partial charge is 0.497 e. The van der Waals surface area contributed by atoms with Crippen LogP contribution in [0.4, 0.5) is 4.39 Å². The summed E-state index contributed by atoms with van der Waals surface area (Å²) in [6.45, 7) is 2.08. The molecule has 0 aromatic heterocycles. The Morgan fingerprint density at radius 3 is 2.59 bits per heavy atom. The average Bonchev–Trinajstić information content (AvgIpc) is 3.29. The van der Waals surface area contributed by atoms with Crippen LogP contribution in [0.15, 0.2) is 42.5 Å². The van der Waals surface area contributed by atoms with Gasteiger partial charge in [-0.25, -0.2) is 4.39 Å². The molecule has 1 aliphatic rings. The minimum Gasteiger partial charge on any atom is -0.497 e. The van der Waals surface area contributed by atoms with Gasteiger partial charge in [-0.2, -0.15) is 0 Å². The van der Waals surface area contributed by atoms with Crippen molar-refractivity contribution in [3.05, 3.63) is 64.4 Å². The summed E-state index contributed by atoms with van der Waals surface area (Å²) in [6, 6.07) is 11.2. The van der Waals surface area contributed by atoms with Gasteiger partial charge in [0.05, 0.1) is 13.5 Å². The van der Waals surface area contributed by atoms with Gasteiger partial charge >= 0.3 is 0 Å². The summed E-state index contributed by atoms with van der Waals surface area (Å²) < 4.78 is 19.7. The third-order valence-electron chi connectivity index (χ3n) is 5.96. The van der Waals surface area contributed by atoms with Crippen LogP contribution in [0.2, 0.25) is 5.02 Å². The monoisotopic (exact) mass is 460 g/mol. The first kappa shape index (κ1) is 24.1. The van der Waals surface area contributed by atoms with E-state index in [0.29, 0.717) is 12.2 Å². The highest BCUT2D eigenvalue weighted by atomic mass is 35.5. The Hall–Kier alpha value is -2.60. The molecule has 1 unspecified atom stereocenters. The molecule has 1 fully saturated rings. The third-order valence-corrected chi connectivity index (χ3v) is 6.32. The van der Waals surface area contributed by atoms with Gasteiger partial charge in [-0.15, -0.1) is 0 Å². The number of carbonyl (C=O) groups is 2. The topological polar surface area (TPSA) is 58.6 Å². The lowest BCUT2D eigenvalue weighted by Crippen LogP contribution is -2.51. The van der Waals surface area contributed by atoms with Gasteiger partial charge in [0.15, 0.2) is 0 Å². The summed E-state index contributed by atoms with van der Waals surface area (Å²) in [7, 11) is 1.58. The molecule has 0 aliphatic heterocycles. The molecule has 32 heavy (non-hydrogen) atoms. The van der Waals surface area contributed by atoms with Crippen LogP contribution in [0.3, 0.4) is 0 Å². The van der Waals surface area contributed by atoms with E-state index in [0.717, 1.165) is 31.2 Å². The highest BCUT2D eigenvalue weighted by Gasteiger charge is 2.31. The molecule has 5 nitrogen and oxygen atoms in total. The third kappa shape index (κ3) is 6.00. The van der Waals surface area contributed by atoms with Crippen molar-refractivity contribution in [1.82, 2.24) is 10.2 Å². The minimum absolute atomic E-state index is 0.140. The van der Waals surface area contributed by atoms with Crippen molar-refractivity contribution in [3.63, 3.8) is 0 Å². The number of ether oxygens (including phenoxy) is 1. The molecule has 7 heteroatoms. The van der Waals surface area contributed by atoms with Gasteiger partial charge in [0, 0.05) is 23.2 Å². The lowest BCUT2D eigenvalue weighted by atomic mass is 10.1. The fourth-order valence-corrected chi connectivity index (χ4v) is 4.44. The highest BCUT2D eigenvalue weighted by Crippen LogP contribution is 2.24. The number of nitrogens with zero attached hydrogens (tertiary/aromatic N) is 1. The van der Waals surface area contributed by atoms with Crippen molar-refractivity contribution >= 4 is 23.4 Å². The second-order valence-corrected chi connectivity index (χ2v) is 8.57. The van der Waals surface area contributed by atoms with Crippen LogP contribution in [-0.2, 0) is 22.6 Å². The molecule has 0 heterocycles. The first-order valence-electron chi connectivity index (χ1n) is 11.1. The maximum absolute atomic E-state index is 14.4. The fourth-order valence-electron chi connectivity index (χ4n) is 4.21. The first-order chi connectivity index (χ1) is 15.4. The van der Waals surface area contributed by atoms with E-state index in [1.54, 1.807) is 13.2 Å². The molecule has 2 aromatic rings. The maximum atomic E-state index is 14.4. The van der Waals surface area contributed by atoms with Crippen molar-refractivity contribution in [2.24, 2.45) is 0 Å². The smallest absolute Gasteiger partial charge is 0.243 e. The standard InChI is InChI=1S/C25H30ClFN2O3/c1-3-23(25(31)28-18-9-4-5-10-18)29(16-17-8-6-11-19(14-17)32-2)24(30)15-20-21(26)12-7-13-22(20)27/h6-8,11-14,18,23H,3-5,9-10,15-16H2,1-2H3,(H,28,31). The summed E-state index contributed by atoms with van der Waals surface area (Å²) in [5.41, 5.74) is 0.963. The number of methoxy groups -OCH3 is 1. The summed E-state index contributed by atoms with van der Waals surface area (Å²) in [5.74, 6) is -0.394. The molecular weight excluding hydrogens is 431 g/mol. The van der Waals surface area contributed by atoms with Gasteiger partial charge in [-0.3, -0.25) is 9.59 Å². The van der Waals surface area contributed by atoms with E-state index in [1.807, 2.05) is 31.2 Å². The van der Waals surface area contributed by atoms with Crippen LogP contribution in [0.1, 0.15) is 50.2 Å². The highest BCUT2D eigenvalue weighted by molar-refractivity contribution is 6.31. The summed E-state index contributed by atoms with van der Waals surface area (Å²) >= 11 is 6.16. The Balaban J connectivity index is 1.87. The summed E-state index contributed by atoms with van der Waals surface area (Å²) in [5, 5.41) is 3.30. The number of rotatable bonds is 9. The van der Waals surface area contributed by atoms with Gasteiger partial charge in [-0.05, 0) is 49.1 Å². The van der Waals surface area contributed by atoms with E-state index in [2.05, 4.69) is 5.32 Å². The van der Waals surface area contributed by atoms with E-state index in [4.69, 9.17) is 16.3 Å². The fraction of sp³-hybridized carbons (Fsp3) is 0.440.